The van der Waals surface area contributed by atoms with Crippen LogP contribution < -0.4 is 0 Å². The summed E-state index contributed by atoms with van der Waals surface area (Å²) in [6, 6.07) is 28.5. The lowest BCUT2D eigenvalue weighted by Gasteiger charge is -2.09. The summed E-state index contributed by atoms with van der Waals surface area (Å²) in [5, 5.41) is 2.84. The molecular weight excluding hydrogens is 453 g/mol. The first kappa shape index (κ1) is 20.0. The zero-order valence-corrected chi connectivity index (χ0v) is 18.7. The van der Waals surface area contributed by atoms with E-state index in [1.807, 2.05) is 48.5 Å². The quantitative estimate of drug-likeness (QED) is 0.264. The third-order valence-electron chi connectivity index (χ3n) is 5.47. The number of hydrogen-bond acceptors (Lipinski definition) is 4. The molecule has 6 heteroatoms. The van der Waals surface area contributed by atoms with Crippen molar-refractivity contribution in [3.63, 3.8) is 0 Å². The topological polar surface area (TPSA) is 38.7 Å². The summed E-state index contributed by atoms with van der Waals surface area (Å²) in [6.45, 7) is 0. The molecule has 33 heavy (non-hydrogen) atoms. The van der Waals surface area contributed by atoms with Crippen molar-refractivity contribution in [3.05, 3.63) is 102 Å². The van der Waals surface area contributed by atoms with E-state index < -0.39 is 5.82 Å². The van der Waals surface area contributed by atoms with E-state index in [-0.39, 0.29) is 11.4 Å². The first-order valence-electron chi connectivity index (χ1n) is 10.3. The van der Waals surface area contributed by atoms with Gasteiger partial charge in [-0.2, -0.15) is 0 Å². The van der Waals surface area contributed by atoms with Crippen molar-refractivity contribution in [2.24, 2.45) is 0 Å². The highest BCUT2D eigenvalue weighted by atomic mass is 35.5. The summed E-state index contributed by atoms with van der Waals surface area (Å²) in [6.07, 6.45) is 0. The van der Waals surface area contributed by atoms with E-state index in [1.54, 1.807) is 17.4 Å². The zero-order valence-electron chi connectivity index (χ0n) is 17.2. The van der Waals surface area contributed by atoms with Crippen molar-refractivity contribution in [1.29, 1.82) is 0 Å². The molecule has 0 spiro atoms. The van der Waals surface area contributed by atoms with E-state index in [2.05, 4.69) is 34.2 Å². The van der Waals surface area contributed by atoms with Gasteiger partial charge in [-0.1, -0.05) is 72.3 Å². The van der Waals surface area contributed by atoms with Crippen molar-refractivity contribution < 1.29 is 4.39 Å². The fourth-order valence-corrected chi connectivity index (χ4v) is 5.19. The van der Waals surface area contributed by atoms with Gasteiger partial charge in [0.2, 0.25) is 0 Å². The van der Waals surface area contributed by atoms with Gasteiger partial charge in [-0.3, -0.25) is 0 Å². The van der Waals surface area contributed by atoms with Crippen molar-refractivity contribution in [3.8, 4) is 34.2 Å². The summed E-state index contributed by atoms with van der Waals surface area (Å²) < 4.78 is 17.1. The van der Waals surface area contributed by atoms with Gasteiger partial charge in [-0.05, 0) is 30.3 Å². The van der Waals surface area contributed by atoms with E-state index in [0.717, 1.165) is 15.8 Å². The Kier molecular flexibility index (Phi) is 4.86. The summed E-state index contributed by atoms with van der Waals surface area (Å²) >= 11 is 7.88. The van der Waals surface area contributed by atoms with Gasteiger partial charge in [-0.15, -0.1) is 11.3 Å². The predicted molar refractivity (Wildman–Crippen MR) is 134 cm³/mol. The molecule has 0 fully saturated rings. The fraction of sp³-hybridized carbons (Fsp3) is 0. The molecule has 0 N–H and O–H groups in total. The number of fused-ring (bicyclic) bond motifs is 3. The minimum Gasteiger partial charge on any atom is -0.208 e. The van der Waals surface area contributed by atoms with Gasteiger partial charge in [0, 0.05) is 36.3 Å². The Bertz CT molecular complexity index is 1650. The number of thiophene rings is 1. The average molecular weight is 468 g/mol. The molecule has 0 saturated heterocycles. The molecule has 3 nitrogen and oxygen atoms in total. The number of rotatable bonds is 3. The molecule has 0 aliphatic heterocycles. The summed E-state index contributed by atoms with van der Waals surface area (Å²) in [5.41, 5.74) is 1.91. The van der Waals surface area contributed by atoms with Crippen LogP contribution in [0.15, 0.2) is 91.0 Å². The maximum Gasteiger partial charge on any atom is 0.167 e. The van der Waals surface area contributed by atoms with E-state index >= 15 is 0 Å². The summed E-state index contributed by atoms with van der Waals surface area (Å²) in [7, 11) is 0. The molecule has 0 aliphatic rings. The molecule has 0 radical (unpaired) electrons. The van der Waals surface area contributed by atoms with Gasteiger partial charge in [0.1, 0.15) is 5.82 Å². The van der Waals surface area contributed by atoms with Crippen LogP contribution in [0.1, 0.15) is 0 Å². The molecular formula is C27H15ClFN3S. The number of hydrogen-bond donors (Lipinski definition) is 0. The number of benzene rings is 4. The first-order chi connectivity index (χ1) is 16.2. The number of aromatic nitrogens is 3. The maximum atomic E-state index is 14.7. The maximum absolute atomic E-state index is 14.7. The molecule has 6 aromatic rings. The molecule has 0 bridgehead atoms. The lowest BCUT2D eigenvalue weighted by molar-refractivity contribution is 0.630. The van der Waals surface area contributed by atoms with Gasteiger partial charge in [0.15, 0.2) is 17.5 Å². The van der Waals surface area contributed by atoms with Crippen LogP contribution in [0.2, 0.25) is 5.02 Å². The van der Waals surface area contributed by atoms with E-state index in [4.69, 9.17) is 16.6 Å². The first-order valence-corrected chi connectivity index (χ1v) is 11.5. The Hall–Kier alpha value is -3.67. The fourth-order valence-electron chi connectivity index (χ4n) is 3.88. The standard InChI is InChI=1S/C27H15ClFN3S/c28-18-11-13-22(29)21(15-18)27-31-25(16-6-2-1-3-7-16)30-26(32-27)17-10-12-20-19-8-4-5-9-23(19)33-24(20)14-17/h1-15H. The van der Waals surface area contributed by atoms with Crippen molar-refractivity contribution in [2.75, 3.05) is 0 Å². The molecule has 0 aliphatic carbocycles. The zero-order chi connectivity index (χ0) is 22.4. The molecule has 2 heterocycles. The van der Waals surface area contributed by atoms with Crippen LogP contribution in [0.3, 0.4) is 0 Å². The normalized spacial score (nSPS) is 11.3. The number of nitrogens with zero attached hydrogens (tertiary/aromatic N) is 3. The average Bonchev–Trinajstić information content (AvgIpc) is 3.23. The van der Waals surface area contributed by atoms with Crippen LogP contribution in [0.4, 0.5) is 4.39 Å². The van der Waals surface area contributed by atoms with Crippen LogP contribution in [0, 0.1) is 5.82 Å². The van der Waals surface area contributed by atoms with Gasteiger partial charge in [0.25, 0.3) is 0 Å². The minimum absolute atomic E-state index is 0.242. The van der Waals surface area contributed by atoms with Crippen molar-refractivity contribution >= 4 is 43.1 Å². The van der Waals surface area contributed by atoms with E-state index in [9.17, 15) is 4.39 Å². The van der Waals surface area contributed by atoms with Crippen LogP contribution in [-0.4, -0.2) is 15.0 Å². The third kappa shape index (κ3) is 3.65. The van der Waals surface area contributed by atoms with Crippen LogP contribution in [0.5, 0.6) is 0 Å². The highest BCUT2D eigenvalue weighted by Gasteiger charge is 2.16. The predicted octanol–water partition coefficient (Wildman–Crippen LogP) is 8.03. The third-order valence-corrected chi connectivity index (χ3v) is 6.84. The smallest absolute Gasteiger partial charge is 0.167 e. The SMILES string of the molecule is Fc1ccc(Cl)cc1-c1nc(-c2ccccc2)nc(-c2ccc3c(c2)sc2ccccc23)n1. The Morgan fingerprint density at radius 2 is 1.30 bits per heavy atom. The Labute approximate surface area is 198 Å². The number of halogens is 2. The van der Waals surface area contributed by atoms with Gasteiger partial charge in [0.05, 0.1) is 5.56 Å². The van der Waals surface area contributed by atoms with Crippen molar-refractivity contribution in [2.45, 2.75) is 0 Å². The van der Waals surface area contributed by atoms with Gasteiger partial charge in [-0.25, -0.2) is 19.3 Å². The minimum atomic E-state index is -0.435. The lowest BCUT2D eigenvalue weighted by Crippen LogP contribution is -2.01. The largest absolute Gasteiger partial charge is 0.208 e. The highest BCUT2D eigenvalue weighted by Crippen LogP contribution is 2.36. The van der Waals surface area contributed by atoms with Gasteiger partial charge < -0.3 is 0 Å². The molecule has 6 rings (SSSR count). The van der Waals surface area contributed by atoms with Crippen LogP contribution in [-0.2, 0) is 0 Å². The van der Waals surface area contributed by atoms with E-state index in [0.29, 0.717) is 16.7 Å². The summed E-state index contributed by atoms with van der Waals surface area (Å²) in [4.78, 5) is 14.0. The molecule has 0 unspecified atom stereocenters. The van der Waals surface area contributed by atoms with E-state index in [1.165, 1.54) is 27.6 Å². The second-order valence-electron chi connectivity index (χ2n) is 7.61. The van der Waals surface area contributed by atoms with Crippen LogP contribution >= 0.6 is 22.9 Å². The van der Waals surface area contributed by atoms with Gasteiger partial charge >= 0.3 is 0 Å². The molecule has 0 amide bonds. The Balaban J connectivity index is 1.58. The second kappa shape index (κ2) is 8.03. The monoisotopic (exact) mass is 467 g/mol. The summed E-state index contributed by atoms with van der Waals surface area (Å²) in [5.74, 6) is 0.773. The lowest BCUT2D eigenvalue weighted by atomic mass is 10.1. The molecule has 2 aromatic heterocycles. The van der Waals surface area contributed by atoms with Crippen LogP contribution in [0.25, 0.3) is 54.3 Å². The highest BCUT2D eigenvalue weighted by molar-refractivity contribution is 7.25. The molecule has 0 saturated carbocycles. The molecule has 0 atom stereocenters. The molecule has 4 aromatic carbocycles. The molecule has 158 valence electrons. The second-order valence-corrected chi connectivity index (χ2v) is 9.13. The Morgan fingerprint density at radius 1 is 0.606 bits per heavy atom. The van der Waals surface area contributed by atoms with Crippen molar-refractivity contribution in [1.82, 2.24) is 15.0 Å². The Morgan fingerprint density at radius 3 is 2.15 bits per heavy atom.